The molecule has 0 aromatic carbocycles. The van der Waals surface area contributed by atoms with E-state index in [0.29, 0.717) is 5.23 Å². The maximum absolute atomic E-state index is 10.1. The molecule has 48 valence electrons. The molecule has 0 radical (unpaired) electrons. The van der Waals surface area contributed by atoms with Crippen LogP contribution in [-0.2, 0) is 4.84 Å². The van der Waals surface area contributed by atoms with Gasteiger partial charge in [-0.2, -0.15) is 0 Å². The Morgan fingerprint density at radius 2 is 2.50 bits per heavy atom. The molecule has 0 aliphatic carbocycles. The second kappa shape index (κ2) is 2.41. The maximum Gasteiger partial charge on any atom is 0.129 e. The predicted molar refractivity (Wildman–Crippen MR) is 28.6 cm³/mol. The predicted octanol–water partition coefficient (Wildman–Crippen LogP) is -0.333. The number of nitrogens with zero attached hydrogens (tertiary/aromatic N) is 1. The minimum Gasteiger partial charge on any atom is -0.762 e. The first kappa shape index (κ1) is 5.97. The van der Waals surface area contributed by atoms with Crippen molar-refractivity contribution < 1.29 is 4.84 Å². The summed E-state index contributed by atoms with van der Waals surface area (Å²) in [6, 6.07) is 0. The molecule has 8 heavy (non-hydrogen) atoms. The smallest absolute Gasteiger partial charge is 0.129 e. The van der Waals surface area contributed by atoms with Gasteiger partial charge >= 0.3 is 0 Å². The number of hydroxylamine groups is 2. The van der Waals surface area contributed by atoms with Gasteiger partial charge in [-0.15, -0.1) is 0 Å². The fourth-order valence-electron chi connectivity index (χ4n) is 0.531. The van der Waals surface area contributed by atoms with Crippen molar-refractivity contribution in [3.8, 4) is 0 Å². The van der Waals surface area contributed by atoms with Gasteiger partial charge in [0.25, 0.3) is 0 Å². The molecule has 4 heteroatoms. The van der Waals surface area contributed by atoms with Crippen molar-refractivity contribution in [3.63, 3.8) is 0 Å². The van der Waals surface area contributed by atoms with Crippen LogP contribution >= 0.6 is 0 Å². The summed E-state index contributed by atoms with van der Waals surface area (Å²) in [5.41, 5.74) is 0. The Morgan fingerprint density at radius 3 is 2.62 bits per heavy atom. The summed E-state index contributed by atoms with van der Waals surface area (Å²) in [4.78, 5) is 4.65. The van der Waals surface area contributed by atoms with Crippen LogP contribution in [0.25, 0.3) is 0 Å². The van der Waals surface area contributed by atoms with Crippen molar-refractivity contribution in [1.82, 2.24) is 10.5 Å². The van der Waals surface area contributed by atoms with E-state index in [1.807, 2.05) is 0 Å². The lowest BCUT2D eigenvalue weighted by Crippen LogP contribution is -2.46. The Kier molecular flexibility index (Phi) is 1.80. The maximum atomic E-state index is 10.1. The first-order chi connectivity index (χ1) is 3.79. The summed E-state index contributed by atoms with van der Waals surface area (Å²) in [7, 11) is 1.33. The van der Waals surface area contributed by atoms with Gasteiger partial charge in [-0.1, -0.05) is 0 Å². The molecular weight excluding hydrogens is 108 g/mol. The van der Waals surface area contributed by atoms with Gasteiger partial charge in [0.15, 0.2) is 0 Å². The Balaban J connectivity index is 2.01. The normalized spacial score (nSPS) is 28.1. The van der Waals surface area contributed by atoms with E-state index in [4.69, 9.17) is 0 Å². The number of nitrogens with one attached hydrogen (secondary N) is 1. The highest BCUT2D eigenvalue weighted by atomic mass is 16.9. The van der Waals surface area contributed by atoms with E-state index in [9.17, 15) is 5.21 Å². The lowest BCUT2D eigenvalue weighted by Gasteiger charge is -2.33. The first-order valence-corrected chi connectivity index (χ1v) is 2.60. The van der Waals surface area contributed by atoms with Gasteiger partial charge in [0.2, 0.25) is 0 Å². The van der Waals surface area contributed by atoms with E-state index >= 15 is 0 Å². The lowest BCUT2D eigenvalue weighted by atomic mass is 10.2. The van der Waals surface area contributed by atoms with Crippen LogP contribution in [0.3, 0.4) is 0 Å². The molecule has 0 bridgehead atoms. The molecule has 4 nitrogen and oxygen atoms in total. The summed E-state index contributed by atoms with van der Waals surface area (Å²) in [6.07, 6.45) is 0.907. The van der Waals surface area contributed by atoms with Gasteiger partial charge < -0.3 is 5.21 Å². The quantitative estimate of drug-likeness (QED) is 0.503. The molecule has 0 aromatic heterocycles. The summed E-state index contributed by atoms with van der Waals surface area (Å²) in [5, 5.41) is 13.5. The molecule has 1 heterocycles. The standard InChI is InChI=1S/C4H9N2O2/c1-6(7)8-4-2-3-5-4/h4-5H,2-3H2,1H3/q-1. The van der Waals surface area contributed by atoms with Crippen molar-refractivity contribution in [2.45, 2.75) is 12.6 Å². The second-order valence-electron chi connectivity index (χ2n) is 1.78. The lowest BCUT2D eigenvalue weighted by molar-refractivity contribution is -0.180. The highest BCUT2D eigenvalue weighted by Gasteiger charge is 2.15. The van der Waals surface area contributed by atoms with E-state index in [1.165, 1.54) is 7.05 Å². The topological polar surface area (TPSA) is 47.6 Å². The van der Waals surface area contributed by atoms with Crippen LogP contribution in [0, 0.1) is 5.21 Å². The van der Waals surface area contributed by atoms with E-state index in [0.717, 1.165) is 13.0 Å². The molecule has 1 unspecified atom stereocenters. The highest BCUT2D eigenvalue weighted by molar-refractivity contribution is 4.66. The third kappa shape index (κ3) is 1.41. The van der Waals surface area contributed by atoms with Crippen LogP contribution in [-0.4, -0.2) is 25.0 Å². The van der Waals surface area contributed by atoms with Crippen LogP contribution in [0.2, 0.25) is 0 Å². The Bertz CT molecular complexity index is 72.4. The average molecular weight is 117 g/mol. The van der Waals surface area contributed by atoms with E-state index in [1.54, 1.807) is 0 Å². The van der Waals surface area contributed by atoms with E-state index in [-0.39, 0.29) is 6.23 Å². The number of hydrogen-bond acceptors (Lipinski definition) is 4. The van der Waals surface area contributed by atoms with Crippen LogP contribution in [0.5, 0.6) is 0 Å². The van der Waals surface area contributed by atoms with Crippen molar-refractivity contribution in [1.29, 1.82) is 0 Å². The summed E-state index contributed by atoms with van der Waals surface area (Å²) >= 11 is 0. The molecule has 1 fully saturated rings. The average Bonchev–Trinajstić information content (AvgIpc) is 1.55. The molecule has 0 amide bonds. The molecule has 1 rings (SSSR count). The van der Waals surface area contributed by atoms with Crippen molar-refractivity contribution in [3.05, 3.63) is 5.21 Å². The highest BCUT2D eigenvalue weighted by Crippen LogP contribution is 2.03. The molecule has 1 atom stereocenters. The number of hydrogen-bond donors (Lipinski definition) is 1. The zero-order valence-electron chi connectivity index (χ0n) is 4.76. The third-order valence-electron chi connectivity index (χ3n) is 1.05. The van der Waals surface area contributed by atoms with Gasteiger partial charge in [-0.25, -0.2) is 0 Å². The first-order valence-electron chi connectivity index (χ1n) is 2.60. The zero-order valence-corrected chi connectivity index (χ0v) is 4.76. The summed E-state index contributed by atoms with van der Waals surface area (Å²) in [5.74, 6) is 0. The molecule has 0 spiro atoms. The zero-order chi connectivity index (χ0) is 5.98. The second-order valence-corrected chi connectivity index (χ2v) is 1.78. The van der Waals surface area contributed by atoms with Gasteiger partial charge in [-0.3, -0.25) is 15.4 Å². The monoisotopic (exact) mass is 117 g/mol. The molecule has 0 aromatic rings. The SMILES string of the molecule is CN([O-])OC1CCN1. The van der Waals surface area contributed by atoms with E-state index in [2.05, 4.69) is 10.2 Å². The Morgan fingerprint density at radius 1 is 1.88 bits per heavy atom. The van der Waals surface area contributed by atoms with Gasteiger partial charge in [0.1, 0.15) is 6.23 Å². The Labute approximate surface area is 48.0 Å². The van der Waals surface area contributed by atoms with Gasteiger partial charge in [0.05, 0.1) is 0 Å². The van der Waals surface area contributed by atoms with Gasteiger partial charge in [-0.05, 0) is 7.05 Å². The third-order valence-corrected chi connectivity index (χ3v) is 1.05. The molecule has 0 saturated carbocycles. The van der Waals surface area contributed by atoms with Crippen molar-refractivity contribution in [2.75, 3.05) is 13.6 Å². The van der Waals surface area contributed by atoms with Crippen LogP contribution in [0.15, 0.2) is 0 Å². The molecule has 1 aliphatic heterocycles. The largest absolute Gasteiger partial charge is 0.762 e. The van der Waals surface area contributed by atoms with Crippen LogP contribution < -0.4 is 5.32 Å². The van der Waals surface area contributed by atoms with E-state index < -0.39 is 0 Å². The Hall–Kier alpha value is -0.160. The summed E-state index contributed by atoms with van der Waals surface area (Å²) < 4.78 is 0. The van der Waals surface area contributed by atoms with Crippen LogP contribution in [0.1, 0.15) is 6.42 Å². The van der Waals surface area contributed by atoms with Crippen molar-refractivity contribution >= 4 is 0 Å². The molecular formula is C4H9N2O2-. The minimum atomic E-state index is -0.0301. The number of rotatable bonds is 2. The fraction of sp³-hybridized carbons (Fsp3) is 1.00. The van der Waals surface area contributed by atoms with Gasteiger partial charge in [0, 0.05) is 13.0 Å². The minimum absolute atomic E-state index is 0.0301. The van der Waals surface area contributed by atoms with Crippen molar-refractivity contribution in [2.24, 2.45) is 0 Å². The molecule has 1 saturated heterocycles. The summed E-state index contributed by atoms with van der Waals surface area (Å²) in [6.45, 7) is 0.957. The fourth-order valence-corrected chi connectivity index (χ4v) is 0.531. The molecule has 1 N–H and O–H groups in total. The van der Waals surface area contributed by atoms with Crippen LogP contribution in [0.4, 0.5) is 0 Å². The molecule has 1 aliphatic rings.